The maximum absolute atomic E-state index is 9.18. The van der Waals surface area contributed by atoms with E-state index >= 15 is 0 Å². The van der Waals surface area contributed by atoms with Gasteiger partial charge in [-0.15, -0.1) is 0 Å². The van der Waals surface area contributed by atoms with Crippen LogP contribution in [0.4, 0.5) is 0 Å². The van der Waals surface area contributed by atoms with Crippen molar-refractivity contribution in [1.29, 1.82) is 5.26 Å². The second kappa shape index (κ2) is 5.84. The molecule has 2 saturated carbocycles. The lowest BCUT2D eigenvalue weighted by atomic mass is 9.56. The van der Waals surface area contributed by atoms with Crippen LogP contribution in [0, 0.1) is 22.7 Å². The smallest absolute Gasteiger partial charge is 0.191 e. The Bertz CT molecular complexity index is 454. The average molecular weight is 292 g/mol. The van der Waals surface area contributed by atoms with Crippen molar-refractivity contribution < 1.29 is 4.74 Å². The first-order valence-electron chi connectivity index (χ1n) is 7.82. The third-order valence-electron chi connectivity index (χ3n) is 5.82. The Hall–Kier alpha value is -1.28. The van der Waals surface area contributed by atoms with Crippen LogP contribution in [0.3, 0.4) is 0 Å². The van der Waals surface area contributed by atoms with E-state index in [1.165, 1.54) is 0 Å². The van der Waals surface area contributed by atoms with Gasteiger partial charge in [0.25, 0.3) is 0 Å². The topological polar surface area (TPSA) is 69.4 Å². The fourth-order valence-corrected chi connectivity index (χ4v) is 3.52. The zero-order chi connectivity index (χ0) is 15.7. The molecule has 0 aromatic rings. The molecular weight excluding hydrogens is 264 g/mol. The Kier molecular flexibility index (Phi) is 4.48. The highest BCUT2D eigenvalue weighted by molar-refractivity contribution is 5.80. The molecule has 2 N–H and O–H groups in total. The summed E-state index contributed by atoms with van der Waals surface area (Å²) in [7, 11) is 3.56. The minimum Gasteiger partial charge on any atom is -0.378 e. The molecule has 4 atom stereocenters. The fraction of sp³-hybridized carbons (Fsp3) is 0.875. The number of nitriles is 1. The minimum atomic E-state index is -0.0912. The number of ether oxygens (including phenoxy) is 1. The third kappa shape index (κ3) is 2.74. The van der Waals surface area contributed by atoms with Crippen LogP contribution < -0.4 is 10.6 Å². The molecule has 2 aliphatic rings. The molecule has 0 aromatic carbocycles. The van der Waals surface area contributed by atoms with Gasteiger partial charge < -0.3 is 15.4 Å². The van der Waals surface area contributed by atoms with Gasteiger partial charge in [-0.05, 0) is 32.6 Å². The van der Waals surface area contributed by atoms with Gasteiger partial charge in [0.05, 0.1) is 17.6 Å². The van der Waals surface area contributed by atoms with E-state index in [-0.39, 0.29) is 23.0 Å². The molecule has 0 saturated heterocycles. The molecule has 21 heavy (non-hydrogen) atoms. The van der Waals surface area contributed by atoms with Crippen LogP contribution in [0.1, 0.15) is 46.5 Å². The molecule has 5 nitrogen and oxygen atoms in total. The first-order chi connectivity index (χ1) is 9.87. The van der Waals surface area contributed by atoms with Crippen molar-refractivity contribution in [2.75, 3.05) is 14.2 Å². The molecule has 0 aromatic heterocycles. The van der Waals surface area contributed by atoms with Crippen LogP contribution >= 0.6 is 0 Å². The number of methoxy groups -OCH3 is 1. The van der Waals surface area contributed by atoms with E-state index < -0.39 is 0 Å². The van der Waals surface area contributed by atoms with Gasteiger partial charge >= 0.3 is 0 Å². The Labute approximate surface area is 128 Å². The first kappa shape index (κ1) is 16.1. The normalized spacial score (nSPS) is 38.5. The van der Waals surface area contributed by atoms with Crippen molar-refractivity contribution >= 4 is 5.96 Å². The lowest BCUT2D eigenvalue weighted by Gasteiger charge is -2.59. The van der Waals surface area contributed by atoms with Gasteiger partial charge in [0.15, 0.2) is 5.96 Å². The summed E-state index contributed by atoms with van der Waals surface area (Å²) in [5.41, 5.74) is -0.0459. The number of hydrogen-bond donors (Lipinski definition) is 2. The molecule has 5 heteroatoms. The molecule has 0 spiro atoms. The molecule has 4 unspecified atom stereocenters. The largest absolute Gasteiger partial charge is 0.378 e. The number of nitrogens with one attached hydrogen (secondary N) is 2. The van der Waals surface area contributed by atoms with Crippen LogP contribution in [0.2, 0.25) is 0 Å². The highest BCUT2D eigenvalue weighted by Gasteiger charge is 2.58. The van der Waals surface area contributed by atoms with Gasteiger partial charge in [-0.3, -0.25) is 4.99 Å². The highest BCUT2D eigenvalue weighted by Crippen LogP contribution is 2.51. The monoisotopic (exact) mass is 292 g/mol. The number of aliphatic imine (C=N–C) groups is 1. The van der Waals surface area contributed by atoms with Crippen molar-refractivity contribution in [3.63, 3.8) is 0 Å². The lowest BCUT2D eigenvalue weighted by molar-refractivity contribution is -0.176. The molecule has 2 aliphatic carbocycles. The lowest BCUT2D eigenvalue weighted by Crippen LogP contribution is -2.69. The first-order valence-corrected chi connectivity index (χ1v) is 7.82. The number of guanidine groups is 1. The summed E-state index contributed by atoms with van der Waals surface area (Å²) in [6.07, 6.45) is 4.11. The second-order valence-electron chi connectivity index (χ2n) is 7.05. The number of rotatable bonds is 3. The molecule has 0 bridgehead atoms. The summed E-state index contributed by atoms with van der Waals surface area (Å²) in [5.74, 6) is 0.903. The maximum Gasteiger partial charge on any atom is 0.191 e. The van der Waals surface area contributed by atoms with Gasteiger partial charge in [0.1, 0.15) is 0 Å². The van der Waals surface area contributed by atoms with Crippen LogP contribution in [0.25, 0.3) is 0 Å². The van der Waals surface area contributed by atoms with Crippen molar-refractivity contribution in [3.05, 3.63) is 0 Å². The average Bonchev–Trinajstić information content (AvgIpc) is 2.92. The maximum atomic E-state index is 9.18. The zero-order valence-corrected chi connectivity index (χ0v) is 13.9. The number of hydrogen-bond acceptors (Lipinski definition) is 3. The van der Waals surface area contributed by atoms with Gasteiger partial charge in [0.2, 0.25) is 0 Å². The van der Waals surface area contributed by atoms with Crippen molar-refractivity contribution in [3.8, 4) is 6.07 Å². The molecule has 2 rings (SSSR count). The SMILES string of the molecule is CN=C(NC1CCCC1C#N)NC1CC(C)(OC)C1(C)C. The van der Waals surface area contributed by atoms with Crippen molar-refractivity contribution in [2.45, 2.75) is 64.1 Å². The van der Waals surface area contributed by atoms with Gasteiger partial charge in [0, 0.05) is 31.7 Å². The van der Waals surface area contributed by atoms with Gasteiger partial charge in [-0.25, -0.2) is 0 Å². The molecule has 0 heterocycles. The summed E-state index contributed by atoms with van der Waals surface area (Å²) in [6, 6.07) is 2.95. The molecular formula is C16H28N4O. The quantitative estimate of drug-likeness (QED) is 0.617. The van der Waals surface area contributed by atoms with Crippen LogP contribution in [-0.4, -0.2) is 37.8 Å². The third-order valence-corrected chi connectivity index (χ3v) is 5.82. The predicted molar refractivity (Wildman–Crippen MR) is 84.0 cm³/mol. The molecule has 2 fully saturated rings. The van der Waals surface area contributed by atoms with E-state index in [1.54, 1.807) is 14.2 Å². The summed E-state index contributed by atoms with van der Waals surface area (Å²) in [4.78, 5) is 4.33. The van der Waals surface area contributed by atoms with Crippen molar-refractivity contribution in [2.24, 2.45) is 16.3 Å². The molecule has 0 aliphatic heterocycles. The van der Waals surface area contributed by atoms with E-state index in [1.807, 2.05) is 0 Å². The fourth-order valence-electron chi connectivity index (χ4n) is 3.52. The molecule has 0 radical (unpaired) electrons. The second-order valence-corrected chi connectivity index (χ2v) is 7.05. The van der Waals surface area contributed by atoms with Crippen molar-refractivity contribution in [1.82, 2.24) is 10.6 Å². The Morgan fingerprint density at radius 3 is 2.52 bits per heavy atom. The Morgan fingerprint density at radius 2 is 2.00 bits per heavy atom. The van der Waals surface area contributed by atoms with Crippen LogP contribution in [0.5, 0.6) is 0 Å². The van der Waals surface area contributed by atoms with E-state index in [4.69, 9.17) is 4.74 Å². The Morgan fingerprint density at radius 1 is 1.29 bits per heavy atom. The van der Waals surface area contributed by atoms with E-state index in [0.717, 1.165) is 31.6 Å². The summed E-state index contributed by atoms with van der Waals surface area (Å²) in [5, 5.41) is 16.1. The summed E-state index contributed by atoms with van der Waals surface area (Å²) in [6.45, 7) is 6.60. The molecule has 118 valence electrons. The van der Waals surface area contributed by atoms with Crippen LogP contribution in [0.15, 0.2) is 4.99 Å². The summed E-state index contributed by atoms with van der Waals surface area (Å²) >= 11 is 0. The van der Waals surface area contributed by atoms with E-state index in [2.05, 4.69) is 42.5 Å². The zero-order valence-electron chi connectivity index (χ0n) is 13.9. The Balaban J connectivity index is 1.95. The minimum absolute atomic E-state index is 0.0453. The summed E-state index contributed by atoms with van der Waals surface area (Å²) < 4.78 is 5.66. The van der Waals surface area contributed by atoms with Gasteiger partial charge in [-0.2, -0.15) is 5.26 Å². The predicted octanol–water partition coefficient (Wildman–Crippen LogP) is 2.05. The molecule has 0 amide bonds. The van der Waals surface area contributed by atoms with E-state index in [0.29, 0.717) is 6.04 Å². The highest BCUT2D eigenvalue weighted by atomic mass is 16.5. The standard InChI is InChI=1S/C16H28N4O/c1-15(2)13(9-16(15,3)21-5)20-14(18-4)19-12-8-6-7-11(12)10-17/h11-13H,6-9H2,1-5H3,(H2,18,19,20). The number of nitrogens with zero attached hydrogens (tertiary/aromatic N) is 2. The van der Waals surface area contributed by atoms with Crippen LogP contribution in [-0.2, 0) is 4.74 Å². The van der Waals surface area contributed by atoms with Gasteiger partial charge in [-0.1, -0.05) is 13.8 Å². The van der Waals surface area contributed by atoms with E-state index in [9.17, 15) is 5.26 Å².